The molecule has 0 saturated heterocycles. The third-order valence-electron chi connectivity index (χ3n) is 2.26. The largest absolute Gasteiger partial charge is 0.507 e. The molecule has 19 heavy (non-hydrogen) atoms. The zero-order valence-electron chi connectivity index (χ0n) is 10.4. The predicted octanol–water partition coefficient (Wildman–Crippen LogP) is 5.53. The average Bonchev–Trinajstić information content (AvgIpc) is 2.32. The summed E-state index contributed by atoms with van der Waals surface area (Å²) >= 11 is 8.53. The Balaban J connectivity index is 0.000000191. The summed E-state index contributed by atoms with van der Waals surface area (Å²) < 4.78 is 2.39. The Labute approximate surface area is 143 Å². The maximum atomic E-state index is 9.28. The molecular weight excluding hydrogens is 487 g/mol. The van der Waals surface area contributed by atoms with Crippen LogP contribution >= 0.6 is 54.5 Å². The average molecular weight is 500 g/mol. The van der Waals surface area contributed by atoms with Gasteiger partial charge in [-0.2, -0.15) is 0 Å². The van der Waals surface area contributed by atoms with Crippen LogP contribution in [0.5, 0.6) is 11.5 Å². The molecule has 0 radical (unpaired) electrons. The number of aromatic hydroxyl groups is 2. The van der Waals surface area contributed by atoms with Crippen molar-refractivity contribution < 1.29 is 10.2 Å². The molecule has 0 aromatic heterocycles. The quantitative estimate of drug-likeness (QED) is 0.468. The normalized spacial score (nSPS) is 9.74. The lowest BCUT2D eigenvalue weighted by Gasteiger charge is -2.00. The van der Waals surface area contributed by atoms with E-state index in [1.165, 1.54) is 0 Å². The molecule has 0 heterocycles. The second-order valence-corrected chi connectivity index (χ2v) is 6.90. The maximum absolute atomic E-state index is 9.28. The summed E-state index contributed by atoms with van der Waals surface area (Å²) in [4.78, 5) is 0. The molecule has 2 aromatic carbocycles. The summed E-state index contributed by atoms with van der Waals surface area (Å²) in [6.07, 6.45) is 0. The van der Waals surface area contributed by atoms with E-state index in [0.29, 0.717) is 11.5 Å². The van der Waals surface area contributed by atoms with E-state index in [1.807, 2.05) is 38.1 Å². The molecule has 2 aromatic rings. The van der Waals surface area contributed by atoms with Gasteiger partial charge in [-0.3, -0.25) is 0 Å². The summed E-state index contributed by atoms with van der Waals surface area (Å²) in [5.74, 6) is 0.617. The van der Waals surface area contributed by atoms with Crippen LogP contribution in [0.2, 0.25) is 0 Å². The highest BCUT2D eigenvalue weighted by Gasteiger charge is 2.02. The van der Waals surface area contributed by atoms with Gasteiger partial charge in [-0.25, -0.2) is 0 Å². The highest BCUT2D eigenvalue weighted by Crippen LogP contribution is 2.29. The van der Waals surface area contributed by atoms with Gasteiger partial charge in [0.15, 0.2) is 0 Å². The fourth-order valence-corrected chi connectivity index (χ4v) is 3.52. The van der Waals surface area contributed by atoms with Crippen molar-refractivity contribution in [3.05, 3.63) is 54.0 Å². The van der Waals surface area contributed by atoms with Crippen molar-refractivity contribution in [1.82, 2.24) is 0 Å². The standard InChI is InChI=1S/C7H6BrIO.C7H7BrO/c1-4-2-5(8)7(10)6(9)3-4;1-5-2-3-7(9)6(8)4-5/h2-3,10H,1H3;2-4,9H,1H3. The van der Waals surface area contributed by atoms with Crippen LogP contribution in [0, 0.1) is 17.4 Å². The first-order chi connectivity index (χ1) is 8.81. The van der Waals surface area contributed by atoms with E-state index in [2.05, 4.69) is 54.5 Å². The molecule has 0 amide bonds. The van der Waals surface area contributed by atoms with Crippen LogP contribution in [0.15, 0.2) is 39.3 Å². The summed E-state index contributed by atoms with van der Waals surface area (Å²) in [5, 5.41) is 18.3. The van der Waals surface area contributed by atoms with Gasteiger partial charge in [0.2, 0.25) is 0 Å². The Morgan fingerprint density at radius 1 is 0.895 bits per heavy atom. The van der Waals surface area contributed by atoms with Crippen molar-refractivity contribution in [3.8, 4) is 11.5 Å². The summed E-state index contributed by atoms with van der Waals surface area (Å²) in [5.41, 5.74) is 2.29. The van der Waals surface area contributed by atoms with Crippen LogP contribution in [0.1, 0.15) is 11.1 Å². The minimum absolute atomic E-state index is 0.292. The van der Waals surface area contributed by atoms with Gasteiger partial charge in [-0.1, -0.05) is 6.07 Å². The maximum Gasteiger partial charge on any atom is 0.143 e. The number of aryl methyl sites for hydroxylation is 2. The Morgan fingerprint density at radius 2 is 1.47 bits per heavy atom. The summed E-state index contributed by atoms with van der Waals surface area (Å²) in [6, 6.07) is 9.22. The fraction of sp³-hybridized carbons (Fsp3) is 0.143. The number of benzene rings is 2. The third kappa shape index (κ3) is 5.31. The first-order valence-electron chi connectivity index (χ1n) is 5.41. The number of phenolic OH excluding ortho intramolecular Hbond substituents is 2. The Morgan fingerprint density at radius 3 is 1.95 bits per heavy atom. The predicted molar refractivity (Wildman–Crippen MR) is 93.8 cm³/mol. The second kappa shape index (κ2) is 7.50. The van der Waals surface area contributed by atoms with Gasteiger partial charge in [0.1, 0.15) is 11.5 Å². The molecular formula is C14H13Br2IO2. The Hall–Kier alpha value is -0.270. The van der Waals surface area contributed by atoms with E-state index in [1.54, 1.807) is 6.07 Å². The first-order valence-corrected chi connectivity index (χ1v) is 8.07. The van der Waals surface area contributed by atoms with E-state index in [0.717, 1.165) is 23.6 Å². The molecule has 2 nitrogen and oxygen atoms in total. The second-order valence-electron chi connectivity index (χ2n) is 4.03. The highest BCUT2D eigenvalue weighted by atomic mass is 127. The van der Waals surface area contributed by atoms with Gasteiger partial charge < -0.3 is 10.2 Å². The van der Waals surface area contributed by atoms with Gasteiger partial charge in [0, 0.05) is 0 Å². The first kappa shape index (κ1) is 16.8. The van der Waals surface area contributed by atoms with Crippen molar-refractivity contribution in [2.45, 2.75) is 13.8 Å². The van der Waals surface area contributed by atoms with Crippen LogP contribution in [0.3, 0.4) is 0 Å². The molecule has 0 fully saturated rings. The monoisotopic (exact) mass is 498 g/mol. The van der Waals surface area contributed by atoms with Crippen LogP contribution in [-0.4, -0.2) is 10.2 Å². The smallest absolute Gasteiger partial charge is 0.143 e. The van der Waals surface area contributed by atoms with Crippen LogP contribution < -0.4 is 0 Å². The van der Waals surface area contributed by atoms with E-state index in [4.69, 9.17) is 5.11 Å². The zero-order valence-corrected chi connectivity index (χ0v) is 15.7. The molecule has 0 bridgehead atoms. The number of phenols is 2. The van der Waals surface area contributed by atoms with Crippen molar-refractivity contribution >= 4 is 54.5 Å². The Kier molecular flexibility index (Phi) is 6.62. The molecule has 0 atom stereocenters. The summed E-state index contributed by atoms with van der Waals surface area (Å²) in [7, 11) is 0. The van der Waals surface area contributed by atoms with Crippen molar-refractivity contribution in [2.24, 2.45) is 0 Å². The minimum atomic E-state index is 0.292. The lowest BCUT2D eigenvalue weighted by molar-refractivity contribution is 0.468. The zero-order chi connectivity index (χ0) is 14.6. The minimum Gasteiger partial charge on any atom is -0.507 e. The molecule has 2 N–H and O–H groups in total. The number of hydrogen-bond acceptors (Lipinski definition) is 2. The van der Waals surface area contributed by atoms with Gasteiger partial charge >= 0.3 is 0 Å². The molecule has 0 aliphatic rings. The van der Waals surface area contributed by atoms with E-state index < -0.39 is 0 Å². The van der Waals surface area contributed by atoms with Crippen molar-refractivity contribution in [2.75, 3.05) is 0 Å². The molecule has 5 heteroatoms. The molecule has 0 aliphatic carbocycles. The molecule has 0 saturated carbocycles. The SMILES string of the molecule is Cc1cc(Br)c(O)c(I)c1.Cc1ccc(O)c(Br)c1. The van der Waals surface area contributed by atoms with Crippen LogP contribution in [0.4, 0.5) is 0 Å². The van der Waals surface area contributed by atoms with E-state index in [-0.39, 0.29) is 0 Å². The van der Waals surface area contributed by atoms with E-state index in [9.17, 15) is 5.11 Å². The molecule has 0 aliphatic heterocycles. The number of halogens is 3. The molecule has 0 spiro atoms. The van der Waals surface area contributed by atoms with E-state index >= 15 is 0 Å². The van der Waals surface area contributed by atoms with Gasteiger partial charge in [-0.05, 0) is 104 Å². The van der Waals surface area contributed by atoms with Crippen molar-refractivity contribution in [3.63, 3.8) is 0 Å². The van der Waals surface area contributed by atoms with Gasteiger partial charge in [-0.15, -0.1) is 0 Å². The third-order valence-corrected chi connectivity index (χ3v) is 4.33. The lowest BCUT2D eigenvalue weighted by atomic mass is 10.2. The number of hydrogen-bond donors (Lipinski definition) is 2. The van der Waals surface area contributed by atoms with Gasteiger partial charge in [0.05, 0.1) is 12.5 Å². The topological polar surface area (TPSA) is 40.5 Å². The fourth-order valence-electron chi connectivity index (χ4n) is 1.30. The Bertz CT molecular complexity index is 563. The number of rotatable bonds is 0. The van der Waals surface area contributed by atoms with Crippen LogP contribution in [-0.2, 0) is 0 Å². The highest BCUT2D eigenvalue weighted by molar-refractivity contribution is 14.1. The molecule has 0 unspecified atom stereocenters. The molecule has 2 rings (SSSR count). The lowest BCUT2D eigenvalue weighted by Crippen LogP contribution is -1.78. The van der Waals surface area contributed by atoms with Crippen LogP contribution in [0.25, 0.3) is 0 Å². The summed E-state index contributed by atoms with van der Waals surface area (Å²) in [6.45, 7) is 3.97. The van der Waals surface area contributed by atoms with Crippen molar-refractivity contribution in [1.29, 1.82) is 0 Å². The van der Waals surface area contributed by atoms with Gasteiger partial charge in [0.25, 0.3) is 0 Å². The molecule has 102 valence electrons.